The molecule has 0 saturated carbocycles. The van der Waals surface area contributed by atoms with Gasteiger partial charge in [0.1, 0.15) is 12.4 Å². The van der Waals surface area contributed by atoms with Crippen LogP contribution >= 0.6 is 0 Å². The fraction of sp³-hybridized carbons (Fsp3) is 0.400. The molecule has 1 N–H and O–H groups in total. The quantitative estimate of drug-likeness (QED) is 0.739. The molecule has 1 fully saturated rings. The molecule has 0 radical (unpaired) electrons. The second-order valence-electron chi connectivity index (χ2n) is 6.69. The fourth-order valence-corrected chi connectivity index (χ4v) is 3.65. The molecular weight excluding hydrogens is 328 g/mol. The van der Waals surface area contributed by atoms with Crippen LogP contribution in [0.25, 0.3) is 5.78 Å². The van der Waals surface area contributed by atoms with Gasteiger partial charge in [0.05, 0.1) is 18.3 Å². The van der Waals surface area contributed by atoms with Gasteiger partial charge in [0.2, 0.25) is 5.78 Å². The summed E-state index contributed by atoms with van der Waals surface area (Å²) in [6, 6.07) is 10.6. The molecule has 1 aliphatic heterocycles. The van der Waals surface area contributed by atoms with Crippen LogP contribution in [0.5, 0.6) is 5.75 Å². The summed E-state index contributed by atoms with van der Waals surface area (Å²) < 4.78 is 7.49. The predicted molar refractivity (Wildman–Crippen MR) is 99.0 cm³/mol. The minimum atomic E-state index is 0.0281. The van der Waals surface area contributed by atoms with Crippen LogP contribution in [0.3, 0.4) is 0 Å². The smallest absolute Gasteiger partial charge is 0.233 e. The number of rotatable bonds is 6. The second kappa shape index (κ2) is 7.85. The molecule has 0 amide bonds. The topological polar surface area (TPSA) is 62.9 Å². The Balaban J connectivity index is 1.54. The molecule has 1 saturated heterocycles. The molecule has 0 aliphatic carbocycles. The van der Waals surface area contributed by atoms with Gasteiger partial charge in [0.25, 0.3) is 0 Å². The molecule has 0 spiro atoms. The molecule has 0 unspecified atom stereocenters. The number of benzene rings is 1. The molecule has 4 rings (SSSR count). The van der Waals surface area contributed by atoms with Gasteiger partial charge in [-0.3, -0.25) is 9.30 Å². The molecule has 3 aromatic rings. The van der Waals surface area contributed by atoms with Crippen molar-refractivity contribution in [2.24, 2.45) is 0 Å². The van der Waals surface area contributed by atoms with Crippen LogP contribution in [-0.4, -0.2) is 44.1 Å². The Morgan fingerprint density at radius 3 is 3.08 bits per heavy atom. The van der Waals surface area contributed by atoms with E-state index in [4.69, 9.17) is 14.8 Å². The second-order valence-corrected chi connectivity index (χ2v) is 6.69. The number of ether oxygens (including phenoxy) is 1. The Bertz CT molecular complexity index is 864. The van der Waals surface area contributed by atoms with Crippen molar-refractivity contribution in [3.05, 3.63) is 60.2 Å². The standard InChI is InChI=1S/C20H24N4O2/c25-12-13-26-17-5-3-4-16(14-17)15-24-9-2-1-6-19(24)18-7-10-23-11-8-21-20(23)22-18/h3-5,7-8,10-11,14,19,25H,1-2,6,9,12-13,15H2/t19-/m0/s1. The summed E-state index contributed by atoms with van der Waals surface area (Å²) in [5.41, 5.74) is 2.31. The first-order chi connectivity index (χ1) is 12.8. The lowest BCUT2D eigenvalue weighted by atomic mass is 9.98. The van der Waals surface area contributed by atoms with E-state index in [0.717, 1.165) is 36.7 Å². The van der Waals surface area contributed by atoms with Crippen LogP contribution in [-0.2, 0) is 6.54 Å². The van der Waals surface area contributed by atoms with Crippen LogP contribution in [0.4, 0.5) is 0 Å². The minimum absolute atomic E-state index is 0.0281. The van der Waals surface area contributed by atoms with Gasteiger partial charge in [-0.05, 0) is 43.1 Å². The molecule has 1 atom stereocenters. The number of aliphatic hydroxyl groups excluding tert-OH is 1. The normalized spacial score (nSPS) is 18.3. The van der Waals surface area contributed by atoms with E-state index in [0.29, 0.717) is 12.6 Å². The maximum Gasteiger partial charge on any atom is 0.233 e. The average Bonchev–Trinajstić information content (AvgIpc) is 3.15. The monoisotopic (exact) mass is 352 g/mol. The number of hydrogen-bond acceptors (Lipinski definition) is 5. The van der Waals surface area contributed by atoms with Crippen molar-refractivity contribution in [1.29, 1.82) is 0 Å². The number of aliphatic hydroxyl groups is 1. The van der Waals surface area contributed by atoms with Gasteiger partial charge >= 0.3 is 0 Å². The molecule has 2 aromatic heterocycles. The van der Waals surface area contributed by atoms with Crippen molar-refractivity contribution in [1.82, 2.24) is 19.3 Å². The predicted octanol–water partition coefficient (Wildman–Crippen LogP) is 2.83. The van der Waals surface area contributed by atoms with E-state index in [1.54, 1.807) is 6.20 Å². The number of hydrogen-bond donors (Lipinski definition) is 1. The molecule has 0 bridgehead atoms. The van der Waals surface area contributed by atoms with E-state index in [9.17, 15) is 0 Å². The van der Waals surface area contributed by atoms with Crippen molar-refractivity contribution >= 4 is 5.78 Å². The number of piperidine rings is 1. The zero-order valence-electron chi connectivity index (χ0n) is 14.8. The lowest BCUT2D eigenvalue weighted by Crippen LogP contribution is -2.33. The van der Waals surface area contributed by atoms with Crippen molar-refractivity contribution in [3.63, 3.8) is 0 Å². The first-order valence-electron chi connectivity index (χ1n) is 9.20. The number of fused-ring (bicyclic) bond motifs is 1. The first kappa shape index (κ1) is 17.0. The van der Waals surface area contributed by atoms with E-state index in [1.807, 2.05) is 28.9 Å². The van der Waals surface area contributed by atoms with E-state index >= 15 is 0 Å². The van der Waals surface area contributed by atoms with E-state index in [2.05, 4.69) is 28.1 Å². The van der Waals surface area contributed by atoms with Crippen LogP contribution < -0.4 is 4.74 Å². The maximum atomic E-state index is 8.93. The summed E-state index contributed by atoms with van der Waals surface area (Å²) in [6.45, 7) is 2.28. The molecule has 1 aromatic carbocycles. The largest absolute Gasteiger partial charge is 0.491 e. The average molecular weight is 352 g/mol. The highest BCUT2D eigenvalue weighted by molar-refractivity contribution is 5.31. The van der Waals surface area contributed by atoms with Crippen LogP contribution in [0.1, 0.15) is 36.6 Å². The minimum Gasteiger partial charge on any atom is -0.491 e. The van der Waals surface area contributed by atoms with Gasteiger partial charge in [-0.2, -0.15) is 0 Å². The van der Waals surface area contributed by atoms with Crippen LogP contribution in [0.2, 0.25) is 0 Å². The summed E-state index contributed by atoms with van der Waals surface area (Å²) in [4.78, 5) is 11.6. The number of likely N-dealkylation sites (tertiary alicyclic amines) is 1. The zero-order valence-corrected chi connectivity index (χ0v) is 14.8. The lowest BCUT2D eigenvalue weighted by molar-refractivity contribution is 0.137. The molecule has 1 aliphatic rings. The van der Waals surface area contributed by atoms with Gasteiger partial charge in [0, 0.05) is 25.1 Å². The highest BCUT2D eigenvalue weighted by atomic mass is 16.5. The van der Waals surface area contributed by atoms with Crippen molar-refractivity contribution in [2.45, 2.75) is 31.8 Å². The third kappa shape index (κ3) is 3.71. The third-order valence-electron chi connectivity index (χ3n) is 4.88. The molecule has 136 valence electrons. The Morgan fingerprint density at radius 1 is 1.19 bits per heavy atom. The number of imidazole rings is 1. The Hall–Kier alpha value is -2.44. The van der Waals surface area contributed by atoms with Crippen LogP contribution in [0.15, 0.2) is 48.9 Å². The van der Waals surface area contributed by atoms with Gasteiger partial charge in [0.15, 0.2) is 0 Å². The summed E-state index contributed by atoms with van der Waals surface area (Å²) in [5.74, 6) is 1.56. The Kier molecular flexibility index (Phi) is 5.13. The third-order valence-corrected chi connectivity index (χ3v) is 4.88. The molecule has 6 heteroatoms. The van der Waals surface area contributed by atoms with Gasteiger partial charge < -0.3 is 9.84 Å². The summed E-state index contributed by atoms with van der Waals surface area (Å²) in [5, 5.41) is 8.93. The highest BCUT2D eigenvalue weighted by Crippen LogP contribution is 2.31. The fourth-order valence-electron chi connectivity index (χ4n) is 3.65. The number of aromatic nitrogens is 3. The molecule has 26 heavy (non-hydrogen) atoms. The Morgan fingerprint density at radius 2 is 2.15 bits per heavy atom. The highest BCUT2D eigenvalue weighted by Gasteiger charge is 2.25. The van der Waals surface area contributed by atoms with Crippen molar-refractivity contribution in [3.8, 4) is 5.75 Å². The van der Waals surface area contributed by atoms with Crippen LogP contribution in [0, 0.1) is 0 Å². The molecule has 6 nitrogen and oxygen atoms in total. The van der Waals surface area contributed by atoms with E-state index < -0.39 is 0 Å². The van der Waals surface area contributed by atoms with Crippen molar-refractivity contribution in [2.75, 3.05) is 19.8 Å². The lowest BCUT2D eigenvalue weighted by Gasteiger charge is -2.35. The molecular formula is C20H24N4O2. The SMILES string of the molecule is OCCOc1cccc(CN2CCCC[C@H]2c2ccn3ccnc3n2)c1. The summed E-state index contributed by atoms with van der Waals surface area (Å²) >= 11 is 0. The van der Waals surface area contributed by atoms with Gasteiger partial charge in [-0.15, -0.1) is 0 Å². The summed E-state index contributed by atoms with van der Waals surface area (Å²) in [7, 11) is 0. The van der Waals surface area contributed by atoms with E-state index in [1.165, 1.54) is 18.4 Å². The van der Waals surface area contributed by atoms with E-state index in [-0.39, 0.29) is 6.61 Å². The Labute approximate surface area is 153 Å². The van der Waals surface area contributed by atoms with Gasteiger partial charge in [-0.25, -0.2) is 9.97 Å². The van der Waals surface area contributed by atoms with Gasteiger partial charge in [-0.1, -0.05) is 18.6 Å². The van der Waals surface area contributed by atoms with Crippen molar-refractivity contribution < 1.29 is 9.84 Å². The molecule has 3 heterocycles. The first-order valence-corrected chi connectivity index (χ1v) is 9.20. The summed E-state index contributed by atoms with van der Waals surface area (Å²) in [6.07, 6.45) is 9.29. The zero-order chi connectivity index (χ0) is 17.8. The maximum absolute atomic E-state index is 8.93. The number of nitrogens with zero attached hydrogens (tertiary/aromatic N) is 4.